The number of carbonyl (C=O) groups is 3. The molecule has 0 aliphatic heterocycles. The van der Waals surface area contributed by atoms with Gasteiger partial charge in [-0.2, -0.15) is 0 Å². The quantitative estimate of drug-likeness (QED) is 0.647. The van der Waals surface area contributed by atoms with E-state index in [2.05, 4.69) is 10.6 Å². The highest BCUT2D eigenvalue weighted by Crippen LogP contribution is 2.61. The van der Waals surface area contributed by atoms with Crippen molar-refractivity contribution < 1.29 is 19.5 Å². The van der Waals surface area contributed by atoms with Gasteiger partial charge >= 0.3 is 5.97 Å². The average molecular weight is 362 g/mol. The molecule has 4 bridgehead atoms. The van der Waals surface area contributed by atoms with Crippen LogP contribution in [0.3, 0.4) is 0 Å². The second kappa shape index (κ2) is 6.54. The molecule has 0 aromatic rings. The number of hydrogen-bond donors (Lipinski definition) is 3. The van der Waals surface area contributed by atoms with Crippen LogP contribution in [-0.2, 0) is 14.4 Å². The molecule has 0 atom stereocenters. The average Bonchev–Trinajstić information content (AvgIpc) is 2.48. The lowest BCUT2D eigenvalue weighted by atomic mass is 9.49. The van der Waals surface area contributed by atoms with E-state index < -0.39 is 11.5 Å². The van der Waals surface area contributed by atoms with Crippen molar-refractivity contribution in [1.82, 2.24) is 10.6 Å². The first-order valence-electron chi connectivity index (χ1n) is 10.1. The summed E-state index contributed by atoms with van der Waals surface area (Å²) in [6, 6.07) is 0. The Morgan fingerprint density at radius 3 is 1.92 bits per heavy atom. The van der Waals surface area contributed by atoms with Gasteiger partial charge in [-0.25, -0.2) is 0 Å². The Labute approximate surface area is 154 Å². The Balaban J connectivity index is 1.25. The molecule has 6 nitrogen and oxygen atoms in total. The molecule has 0 radical (unpaired) electrons. The van der Waals surface area contributed by atoms with Crippen molar-refractivity contribution in [1.29, 1.82) is 0 Å². The molecular formula is C20H30N2O4. The van der Waals surface area contributed by atoms with Gasteiger partial charge in [-0.3, -0.25) is 14.4 Å². The fraction of sp³-hybridized carbons (Fsp3) is 0.850. The smallest absolute Gasteiger partial charge is 0.305 e. The van der Waals surface area contributed by atoms with Gasteiger partial charge in [0.2, 0.25) is 11.8 Å². The van der Waals surface area contributed by atoms with Crippen LogP contribution in [0.5, 0.6) is 0 Å². The zero-order valence-corrected chi connectivity index (χ0v) is 15.4. The van der Waals surface area contributed by atoms with E-state index in [-0.39, 0.29) is 30.2 Å². The topological polar surface area (TPSA) is 95.5 Å². The molecule has 0 aromatic heterocycles. The summed E-state index contributed by atoms with van der Waals surface area (Å²) in [6.07, 6.45) is 10.5. The first-order chi connectivity index (χ1) is 12.4. The predicted molar refractivity (Wildman–Crippen MR) is 95.2 cm³/mol. The van der Waals surface area contributed by atoms with Gasteiger partial charge in [-0.15, -0.1) is 0 Å². The molecule has 0 heterocycles. The monoisotopic (exact) mass is 362 g/mol. The number of carbonyl (C=O) groups excluding carboxylic acids is 2. The largest absolute Gasteiger partial charge is 0.481 e. The van der Waals surface area contributed by atoms with Gasteiger partial charge in [-0.05, 0) is 81.0 Å². The fourth-order valence-corrected chi connectivity index (χ4v) is 6.67. The third-order valence-corrected chi connectivity index (χ3v) is 7.35. The summed E-state index contributed by atoms with van der Waals surface area (Å²) in [5.41, 5.74) is -0.429. The summed E-state index contributed by atoms with van der Waals surface area (Å²) in [4.78, 5) is 35.6. The number of amides is 2. The van der Waals surface area contributed by atoms with Crippen LogP contribution in [0.25, 0.3) is 0 Å². The van der Waals surface area contributed by atoms with E-state index in [0.717, 1.165) is 24.2 Å². The van der Waals surface area contributed by atoms with E-state index >= 15 is 0 Å². The van der Waals surface area contributed by atoms with Crippen LogP contribution in [0.2, 0.25) is 0 Å². The lowest BCUT2D eigenvalue weighted by molar-refractivity contribution is -0.141. The molecule has 6 heteroatoms. The first-order valence-corrected chi connectivity index (χ1v) is 10.1. The third kappa shape index (κ3) is 3.60. The first kappa shape index (κ1) is 17.8. The maximum atomic E-state index is 12.5. The van der Waals surface area contributed by atoms with Crippen molar-refractivity contribution in [3.63, 3.8) is 0 Å². The van der Waals surface area contributed by atoms with Gasteiger partial charge in [0.25, 0.3) is 0 Å². The van der Waals surface area contributed by atoms with Crippen molar-refractivity contribution in [2.75, 3.05) is 6.54 Å². The van der Waals surface area contributed by atoms with E-state index in [1.54, 1.807) is 0 Å². The molecule has 0 unspecified atom stereocenters. The molecule has 0 aromatic carbocycles. The van der Waals surface area contributed by atoms with Crippen LogP contribution in [0.15, 0.2) is 0 Å². The van der Waals surface area contributed by atoms with Crippen LogP contribution in [0.1, 0.15) is 70.6 Å². The summed E-state index contributed by atoms with van der Waals surface area (Å²) < 4.78 is 0. The molecule has 26 heavy (non-hydrogen) atoms. The van der Waals surface area contributed by atoms with Gasteiger partial charge in [0, 0.05) is 6.42 Å². The maximum absolute atomic E-state index is 12.5. The Morgan fingerprint density at radius 1 is 0.885 bits per heavy atom. The zero-order chi connectivity index (χ0) is 18.4. The summed E-state index contributed by atoms with van der Waals surface area (Å²) >= 11 is 0. The van der Waals surface area contributed by atoms with Crippen LogP contribution in [0, 0.1) is 23.2 Å². The van der Waals surface area contributed by atoms with Gasteiger partial charge in [0.1, 0.15) is 0 Å². The van der Waals surface area contributed by atoms with Crippen molar-refractivity contribution >= 4 is 17.8 Å². The fourth-order valence-electron chi connectivity index (χ4n) is 6.67. The molecule has 5 fully saturated rings. The normalized spacial score (nSPS) is 36.2. The minimum absolute atomic E-state index is 0.0250. The number of carboxylic acid groups (broad SMARTS) is 1. The van der Waals surface area contributed by atoms with Gasteiger partial charge in [0.15, 0.2) is 0 Å². The zero-order valence-electron chi connectivity index (χ0n) is 15.4. The Morgan fingerprint density at radius 2 is 1.46 bits per heavy atom. The van der Waals surface area contributed by atoms with Crippen molar-refractivity contribution in [3.8, 4) is 0 Å². The maximum Gasteiger partial charge on any atom is 0.305 e. The molecule has 2 amide bonds. The van der Waals surface area contributed by atoms with E-state index in [0.29, 0.717) is 19.3 Å². The van der Waals surface area contributed by atoms with Crippen LogP contribution >= 0.6 is 0 Å². The van der Waals surface area contributed by atoms with E-state index in [1.807, 2.05) is 0 Å². The third-order valence-electron chi connectivity index (χ3n) is 7.35. The summed E-state index contributed by atoms with van der Waals surface area (Å²) in [6.45, 7) is -0.0490. The lowest BCUT2D eigenvalue weighted by Gasteiger charge is -2.56. The molecular weight excluding hydrogens is 332 g/mol. The second-order valence-electron chi connectivity index (χ2n) is 9.62. The van der Waals surface area contributed by atoms with Gasteiger partial charge < -0.3 is 15.7 Å². The minimum atomic E-state index is -0.893. The van der Waals surface area contributed by atoms with Crippen molar-refractivity contribution in [3.05, 3.63) is 0 Å². The Kier molecular flexibility index (Phi) is 4.48. The summed E-state index contributed by atoms with van der Waals surface area (Å²) in [5, 5.41) is 14.6. The SMILES string of the molecule is O=C(O)CC1(NC(=O)CNC(=O)CC23CC4CC(CC(C4)C2)C3)CCC1. The second-order valence-corrected chi connectivity index (χ2v) is 9.62. The Hall–Kier alpha value is -1.59. The minimum Gasteiger partial charge on any atom is -0.481 e. The summed E-state index contributed by atoms with van der Waals surface area (Å²) in [5.74, 6) is 1.24. The van der Waals surface area contributed by atoms with E-state index in [9.17, 15) is 14.4 Å². The summed E-state index contributed by atoms with van der Waals surface area (Å²) in [7, 11) is 0. The molecule has 5 saturated carbocycles. The highest BCUT2D eigenvalue weighted by Gasteiger charge is 2.51. The number of aliphatic carboxylic acids is 1. The van der Waals surface area contributed by atoms with Crippen molar-refractivity contribution in [2.24, 2.45) is 23.2 Å². The number of nitrogens with one attached hydrogen (secondary N) is 2. The molecule has 5 aliphatic rings. The van der Waals surface area contributed by atoms with Gasteiger partial charge in [-0.1, -0.05) is 0 Å². The highest BCUT2D eigenvalue weighted by molar-refractivity contribution is 5.86. The van der Waals surface area contributed by atoms with Gasteiger partial charge in [0.05, 0.1) is 18.5 Å². The van der Waals surface area contributed by atoms with Crippen molar-refractivity contribution in [2.45, 2.75) is 76.2 Å². The number of hydrogen-bond acceptors (Lipinski definition) is 3. The van der Waals surface area contributed by atoms with Crippen LogP contribution in [0.4, 0.5) is 0 Å². The molecule has 144 valence electrons. The van der Waals surface area contributed by atoms with E-state index in [1.165, 1.54) is 38.5 Å². The molecule has 0 saturated heterocycles. The standard InChI is InChI=1S/C20H30N2O4/c23-16(10-19-7-13-4-14(8-19)6-15(5-13)9-19)21-12-17(24)22-20(2-1-3-20)11-18(25)26/h13-15H,1-12H2,(H,21,23)(H,22,24)(H,25,26). The Bertz CT molecular complexity index is 576. The molecule has 3 N–H and O–H groups in total. The number of carboxylic acids is 1. The predicted octanol–water partition coefficient (Wildman–Crippen LogP) is 2.22. The van der Waals surface area contributed by atoms with E-state index in [4.69, 9.17) is 5.11 Å². The van der Waals surface area contributed by atoms with Crippen LogP contribution in [-0.4, -0.2) is 35.0 Å². The lowest BCUT2D eigenvalue weighted by Crippen LogP contribution is -2.56. The molecule has 5 aliphatic carbocycles. The highest BCUT2D eigenvalue weighted by atomic mass is 16.4. The van der Waals surface area contributed by atoms with Crippen LogP contribution < -0.4 is 10.6 Å². The molecule has 5 rings (SSSR count). The molecule has 0 spiro atoms. The number of rotatable bonds is 7.